The maximum Gasteiger partial charge on any atom is 0.168 e. The van der Waals surface area contributed by atoms with E-state index in [4.69, 9.17) is 0 Å². The van der Waals surface area contributed by atoms with Crippen molar-refractivity contribution in [2.24, 2.45) is 5.92 Å². The van der Waals surface area contributed by atoms with E-state index in [2.05, 4.69) is 6.92 Å². The van der Waals surface area contributed by atoms with Crippen LogP contribution < -0.4 is 0 Å². The molecule has 1 rings (SSSR count). The Morgan fingerprint density at radius 2 is 0.833 bits per heavy atom. The van der Waals surface area contributed by atoms with Crippen molar-refractivity contribution >= 4 is 0 Å². The molecule has 1 fully saturated rings. The standard InChI is InChI=1S/C7H8F5/c1-2-3(8)5(10)7(12)6(11)4(2)9/h2-7H,1H2. The summed E-state index contributed by atoms with van der Waals surface area (Å²) in [6, 6.07) is 0. The fraction of sp³-hybridized carbons (Fsp3) is 0.857. The third kappa shape index (κ3) is 1.29. The highest BCUT2D eigenvalue weighted by molar-refractivity contribution is 5.00. The summed E-state index contributed by atoms with van der Waals surface area (Å²) in [5.41, 5.74) is 0. The van der Waals surface area contributed by atoms with Gasteiger partial charge < -0.3 is 0 Å². The van der Waals surface area contributed by atoms with Crippen molar-refractivity contribution in [1.29, 1.82) is 0 Å². The second-order valence-corrected chi connectivity index (χ2v) is 2.89. The van der Waals surface area contributed by atoms with Crippen molar-refractivity contribution in [2.75, 3.05) is 0 Å². The van der Waals surface area contributed by atoms with Crippen LogP contribution in [0, 0.1) is 12.8 Å². The topological polar surface area (TPSA) is 0 Å². The lowest BCUT2D eigenvalue weighted by atomic mass is 9.83. The number of halogens is 5. The van der Waals surface area contributed by atoms with Gasteiger partial charge in [-0.2, -0.15) is 0 Å². The quantitative estimate of drug-likeness (QED) is 0.509. The van der Waals surface area contributed by atoms with Crippen LogP contribution in [0.3, 0.4) is 0 Å². The summed E-state index contributed by atoms with van der Waals surface area (Å²) in [6.45, 7) is 2.90. The van der Waals surface area contributed by atoms with Crippen molar-refractivity contribution < 1.29 is 22.0 Å². The first-order valence-electron chi connectivity index (χ1n) is 3.50. The molecule has 4 unspecified atom stereocenters. The number of hydrogen-bond acceptors (Lipinski definition) is 0. The van der Waals surface area contributed by atoms with Gasteiger partial charge >= 0.3 is 0 Å². The van der Waals surface area contributed by atoms with Crippen LogP contribution in [0.25, 0.3) is 0 Å². The minimum Gasteiger partial charge on any atom is -0.244 e. The zero-order valence-electron chi connectivity index (χ0n) is 6.06. The number of hydrogen-bond donors (Lipinski definition) is 0. The van der Waals surface area contributed by atoms with Crippen LogP contribution in [0.15, 0.2) is 0 Å². The fourth-order valence-electron chi connectivity index (χ4n) is 1.17. The zero-order valence-corrected chi connectivity index (χ0v) is 6.06. The number of rotatable bonds is 0. The van der Waals surface area contributed by atoms with E-state index in [9.17, 15) is 22.0 Å². The average molecular weight is 187 g/mol. The van der Waals surface area contributed by atoms with Crippen LogP contribution in [-0.4, -0.2) is 30.9 Å². The summed E-state index contributed by atoms with van der Waals surface area (Å²) in [4.78, 5) is 0. The Morgan fingerprint density at radius 3 is 1.17 bits per heavy atom. The maximum absolute atomic E-state index is 12.6. The van der Waals surface area contributed by atoms with E-state index in [1.807, 2.05) is 0 Å². The minimum atomic E-state index is -2.71. The molecule has 1 aliphatic carbocycles. The van der Waals surface area contributed by atoms with Crippen molar-refractivity contribution in [2.45, 2.75) is 30.9 Å². The van der Waals surface area contributed by atoms with Gasteiger partial charge in [-0.15, -0.1) is 0 Å². The molecule has 0 aromatic heterocycles. The third-order valence-electron chi connectivity index (χ3n) is 2.03. The van der Waals surface area contributed by atoms with E-state index in [1.54, 1.807) is 0 Å². The van der Waals surface area contributed by atoms with Crippen molar-refractivity contribution in [3.05, 3.63) is 6.92 Å². The highest BCUT2D eigenvalue weighted by Gasteiger charge is 2.51. The first-order chi connectivity index (χ1) is 5.46. The minimum absolute atomic E-state index is 1.66. The van der Waals surface area contributed by atoms with E-state index in [0.29, 0.717) is 0 Å². The Hall–Kier alpha value is -0.350. The zero-order chi connectivity index (χ0) is 9.46. The summed E-state index contributed by atoms with van der Waals surface area (Å²) in [6.07, 6.45) is -12.6. The molecule has 1 saturated carbocycles. The molecule has 0 aromatic carbocycles. The molecule has 0 N–H and O–H groups in total. The monoisotopic (exact) mass is 187 g/mol. The van der Waals surface area contributed by atoms with Crippen LogP contribution in [0.1, 0.15) is 0 Å². The van der Waals surface area contributed by atoms with Crippen LogP contribution in [0.5, 0.6) is 0 Å². The lowest BCUT2D eigenvalue weighted by molar-refractivity contribution is -0.0755. The van der Waals surface area contributed by atoms with Gasteiger partial charge in [-0.25, -0.2) is 22.0 Å². The fourth-order valence-corrected chi connectivity index (χ4v) is 1.17. The van der Waals surface area contributed by atoms with Gasteiger partial charge in [-0.3, -0.25) is 0 Å². The average Bonchev–Trinajstić information content (AvgIpc) is 2.08. The van der Waals surface area contributed by atoms with Crippen LogP contribution >= 0.6 is 0 Å². The molecule has 71 valence electrons. The van der Waals surface area contributed by atoms with E-state index < -0.39 is 36.8 Å². The SMILES string of the molecule is [CH2]C1C(F)C(F)C(F)C(F)C1F. The van der Waals surface area contributed by atoms with E-state index in [-0.39, 0.29) is 0 Å². The molecule has 0 saturated heterocycles. The van der Waals surface area contributed by atoms with Gasteiger partial charge in [0.05, 0.1) is 0 Å². The summed E-state index contributed by atoms with van der Waals surface area (Å²) < 4.78 is 62.4. The smallest absolute Gasteiger partial charge is 0.168 e. The Bertz CT molecular complexity index is 103. The molecule has 0 spiro atoms. The molecule has 5 heteroatoms. The van der Waals surface area contributed by atoms with Gasteiger partial charge in [-0.1, -0.05) is 0 Å². The lowest BCUT2D eigenvalue weighted by Gasteiger charge is -2.34. The Morgan fingerprint density at radius 1 is 0.583 bits per heavy atom. The highest BCUT2D eigenvalue weighted by Crippen LogP contribution is 2.35. The van der Waals surface area contributed by atoms with Crippen LogP contribution in [0.4, 0.5) is 22.0 Å². The predicted octanol–water partition coefficient (Wildman–Crippen LogP) is 2.14. The summed E-state index contributed by atoms with van der Waals surface area (Å²) in [5, 5.41) is 0. The molecule has 12 heavy (non-hydrogen) atoms. The Kier molecular flexibility index (Phi) is 2.58. The van der Waals surface area contributed by atoms with Gasteiger partial charge in [-0.05, 0) is 6.92 Å². The van der Waals surface area contributed by atoms with Crippen LogP contribution in [-0.2, 0) is 0 Å². The molecule has 0 nitrogen and oxygen atoms in total. The van der Waals surface area contributed by atoms with Gasteiger partial charge in [0, 0.05) is 5.92 Å². The molecule has 4 atom stereocenters. The maximum atomic E-state index is 12.6. The third-order valence-corrected chi connectivity index (χ3v) is 2.03. The van der Waals surface area contributed by atoms with E-state index >= 15 is 0 Å². The molecular weight excluding hydrogens is 179 g/mol. The van der Waals surface area contributed by atoms with Crippen molar-refractivity contribution in [3.8, 4) is 0 Å². The largest absolute Gasteiger partial charge is 0.244 e. The summed E-state index contributed by atoms with van der Waals surface area (Å²) >= 11 is 0. The van der Waals surface area contributed by atoms with Crippen molar-refractivity contribution in [1.82, 2.24) is 0 Å². The lowest BCUT2D eigenvalue weighted by Crippen LogP contribution is -2.52. The Balaban J connectivity index is 2.76. The van der Waals surface area contributed by atoms with E-state index in [1.165, 1.54) is 0 Å². The van der Waals surface area contributed by atoms with Gasteiger partial charge in [0.2, 0.25) is 0 Å². The molecule has 1 radical (unpaired) electrons. The van der Waals surface area contributed by atoms with Crippen molar-refractivity contribution in [3.63, 3.8) is 0 Å². The molecule has 0 amide bonds. The van der Waals surface area contributed by atoms with Gasteiger partial charge in [0.15, 0.2) is 18.5 Å². The molecular formula is C7H8F5. The molecule has 1 aliphatic rings. The van der Waals surface area contributed by atoms with Gasteiger partial charge in [0.1, 0.15) is 12.3 Å². The molecule has 0 aliphatic heterocycles. The highest BCUT2D eigenvalue weighted by atomic mass is 19.2. The normalized spacial score (nSPS) is 55.5. The predicted molar refractivity (Wildman–Crippen MR) is 33.3 cm³/mol. The molecule has 0 aromatic rings. The summed E-state index contributed by atoms with van der Waals surface area (Å²) in [5.74, 6) is -1.66. The van der Waals surface area contributed by atoms with E-state index in [0.717, 1.165) is 0 Å². The van der Waals surface area contributed by atoms with Gasteiger partial charge in [0.25, 0.3) is 0 Å². The molecule has 0 bridgehead atoms. The first kappa shape index (κ1) is 9.74. The van der Waals surface area contributed by atoms with Crippen LogP contribution in [0.2, 0.25) is 0 Å². The number of alkyl halides is 5. The summed E-state index contributed by atoms with van der Waals surface area (Å²) in [7, 11) is 0. The second-order valence-electron chi connectivity index (χ2n) is 2.89. The Labute approximate surface area is 66.8 Å². The first-order valence-corrected chi connectivity index (χ1v) is 3.50. The second kappa shape index (κ2) is 3.18. The molecule has 0 heterocycles.